The summed E-state index contributed by atoms with van der Waals surface area (Å²) in [4.78, 5) is 34.1. The Morgan fingerprint density at radius 3 is 1.54 bits per heavy atom. The molecule has 186 valence electrons. The molecule has 8 nitrogen and oxygen atoms in total. The number of carbonyl (C=O) groups excluding carboxylic acids is 3. The van der Waals surface area contributed by atoms with Crippen molar-refractivity contribution in [1.82, 2.24) is 0 Å². The van der Waals surface area contributed by atoms with Crippen molar-refractivity contribution < 1.29 is 38.1 Å². The summed E-state index contributed by atoms with van der Waals surface area (Å²) in [6, 6.07) is 20.7. The Bertz CT molecular complexity index is 1310. The molecule has 0 bridgehead atoms. The number of benzene rings is 3. The Labute approximate surface area is 213 Å². The van der Waals surface area contributed by atoms with Gasteiger partial charge in [-0.25, -0.2) is 14.4 Å². The molecule has 3 aromatic carbocycles. The average Bonchev–Trinajstić information content (AvgIpc) is 2.93. The molecular formula is C29H22O8. The quantitative estimate of drug-likeness (QED) is 0.133. The van der Waals surface area contributed by atoms with Crippen LogP contribution >= 0.6 is 0 Å². The fourth-order valence-electron chi connectivity index (χ4n) is 2.78. The maximum Gasteiger partial charge on any atom is 0.390 e. The molecule has 3 aromatic rings. The van der Waals surface area contributed by atoms with Crippen LogP contribution in [-0.4, -0.2) is 31.5 Å². The van der Waals surface area contributed by atoms with Gasteiger partial charge in [-0.3, -0.25) is 0 Å². The van der Waals surface area contributed by atoms with E-state index in [0.717, 1.165) is 23.3 Å². The minimum Gasteiger partial charge on any atom is -0.457 e. The summed E-state index contributed by atoms with van der Waals surface area (Å²) in [6.45, 7) is 6.15. The van der Waals surface area contributed by atoms with Crippen molar-refractivity contribution in [3.05, 3.63) is 104 Å². The average molecular weight is 498 g/mol. The molecule has 3 rings (SSSR count). The lowest BCUT2D eigenvalue weighted by Gasteiger charge is -2.08. The van der Waals surface area contributed by atoms with Crippen LogP contribution in [0.5, 0.6) is 17.2 Å². The van der Waals surface area contributed by atoms with Gasteiger partial charge in [-0.1, -0.05) is 43.3 Å². The second kappa shape index (κ2) is 13.6. The van der Waals surface area contributed by atoms with Crippen molar-refractivity contribution in [2.45, 2.75) is 0 Å². The van der Waals surface area contributed by atoms with Gasteiger partial charge in [-0.05, 0) is 59.7 Å². The van der Waals surface area contributed by atoms with E-state index in [-0.39, 0.29) is 13.6 Å². The van der Waals surface area contributed by atoms with Gasteiger partial charge in [0.25, 0.3) is 0 Å². The summed E-state index contributed by atoms with van der Waals surface area (Å²) in [6.07, 6.45) is 2.10. The Kier molecular flexibility index (Phi) is 9.65. The molecule has 0 N–H and O–H groups in total. The molecule has 0 radical (unpaired) electrons. The second-order valence-corrected chi connectivity index (χ2v) is 7.07. The molecule has 37 heavy (non-hydrogen) atoms. The third-order valence-electron chi connectivity index (χ3n) is 4.60. The first-order valence-corrected chi connectivity index (χ1v) is 10.8. The largest absolute Gasteiger partial charge is 0.457 e. The molecule has 0 atom stereocenters. The lowest BCUT2D eigenvalue weighted by atomic mass is 10.1. The standard InChI is InChI=1S/C29H22O8/c1-3-27(30)35-19-33-24-12-5-21(6-13-24)7-18-29(32)37-26-16-10-23(11-17-26)22-8-14-25(15-9-22)34-20-36-28(31)4-2/h3-6,8-17H,1-2,19-20H2. The number of ether oxygens (including phenoxy) is 5. The minimum atomic E-state index is -0.705. The smallest absolute Gasteiger partial charge is 0.390 e. The molecule has 8 heteroatoms. The molecule has 0 fully saturated rings. The van der Waals surface area contributed by atoms with Crippen molar-refractivity contribution in [2.75, 3.05) is 13.6 Å². The summed E-state index contributed by atoms with van der Waals surface area (Å²) < 4.78 is 25.4. The van der Waals surface area contributed by atoms with Crippen LogP contribution < -0.4 is 14.2 Å². The van der Waals surface area contributed by atoms with Gasteiger partial charge in [0.1, 0.15) is 17.2 Å². The number of hydrogen-bond acceptors (Lipinski definition) is 8. The van der Waals surface area contributed by atoms with E-state index in [4.69, 9.17) is 23.7 Å². The van der Waals surface area contributed by atoms with E-state index in [2.05, 4.69) is 25.0 Å². The zero-order valence-electron chi connectivity index (χ0n) is 19.7. The highest BCUT2D eigenvalue weighted by Gasteiger charge is 2.04. The Morgan fingerprint density at radius 1 is 0.649 bits per heavy atom. The van der Waals surface area contributed by atoms with Crippen molar-refractivity contribution in [2.24, 2.45) is 0 Å². The topological polar surface area (TPSA) is 97.4 Å². The van der Waals surface area contributed by atoms with Gasteiger partial charge in [-0.15, -0.1) is 0 Å². The van der Waals surface area contributed by atoms with E-state index in [9.17, 15) is 14.4 Å². The molecule has 0 spiro atoms. The Hall–Kier alpha value is -5.29. The zero-order chi connectivity index (χ0) is 26.5. The van der Waals surface area contributed by atoms with E-state index in [1.807, 2.05) is 24.3 Å². The van der Waals surface area contributed by atoms with E-state index < -0.39 is 17.9 Å². The van der Waals surface area contributed by atoms with Crippen molar-refractivity contribution in [1.29, 1.82) is 0 Å². The van der Waals surface area contributed by atoms with Crippen LogP contribution in [0.15, 0.2) is 98.1 Å². The number of rotatable bonds is 10. The predicted octanol–water partition coefficient (Wildman–Crippen LogP) is 4.44. The van der Waals surface area contributed by atoms with Crippen LogP contribution in [0.4, 0.5) is 0 Å². The molecular weight excluding hydrogens is 476 g/mol. The highest BCUT2D eigenvalue weighted by Crippen LogP contribution is 2.24. The third kappa shape index (κ3) is 8.77. The molecule has 0 saturated heterocycles. The second-order valence-electron chi connectivity index (χ2n) is 7.07. The summed E-state index contributed by atoms with van der Waals surface area (Å²) in [7, 11) is 0. The van der Waals surface area contributed by atoms with E-state index >= 15 is 0 Å². The molecule has 0 aliphatic heterocycles. The Morgan fingerprint density at radius 2 is 1.08 bits per heavy atom. The SMILES string of the molecule is C=CC(=O)OCOc1ccc(C#CC(=O)Oc2ccc(-c3ccc(OCOC(=O)C=C)cc3)cc2)cc1. The van der Waals surface area contributed by atoms with Gasteiger partial charge < -0.3 is 23.7 Å². The lowest BCUT2D eigenvalue weighted by Crippen LogP contribution is -2.07. The normalized spacial score (nSPS) is 9.62. The van der Waals surface area contributed by atoms with Crippen molar-refractivity contribution >= 4 is 17.9 Å². The van der Waals surface area contributed by atoms with Gasteiger partial charge in [-0.2, -0.15) is 0 Å². The van der Waals surface area contributed by atoms with Crippen LogP contribution in [0.25, 0.3) is 11.1 Å². The first-order chi connectivity index (χ1) is 18.0. The first-order valence-electron chi connectivity index (χ1n) is 10.8. The number of hydrogen-bond donors (Lipinski definition) is 0. The summed E-state index contributed by atoms with van der Waals surface area (Å²) in [5, 5.41) is 0. The number of carbonyl (C=O) groups is 3. The number of esters is 3. The van der Waals surface area contributed by atoms with Crippen LogP contribution in [0.2, 0.25) is 0 Å². The predicted molar refractivity (Wildman–Crippen MR) is 134 cm³/mol. The van der Waals surface area contributed by atoms with Gasteiger partial charge in [0.2, 0.25) is 13.6 Å². The van der Waals surface area contributed by atoms with Crippen LogP contribution in [0, 0.1) is 11.8 Å². The van der Waals surface area contributed by atoms with Gasteiger partial charge >= 0.3 is 17.9 Å². The fraction of sp³-hybridized carbons (Fsp3) is 0.0690. The third-order valence-corrected chi connectivity index (χ3v) is 4.60. The van der Waals surface area contributed by atoms with Crippen LogP contribution in [0.3, 0.4) is 0 Å². The summed E-state index contributed by atoms with van der Waals surface area (Å²) in [5.41, 5.74) is 2.39. The zero-order valence-corrected chi connectivity index (χ0v) is 19.7. The highest BCUT2D eigenvalue weighted by molar-refractivity contribution is 5.91. The van der Waals surface area contributed by atoms with E-state index in [1.165, 1.54) is 0 Å². The Balaban J connectivity index is 1.49. The maximum absolute atomic E-state index is 12.1. The molecule has 0 heterocycles. The highest BCUT2D eigenvalue weighted by atomic mass is 16.7. The lowest BCUT2D eigenvalue weighted by molar-refractivity contribution is -0.145. The monoisotopic (exact) mass is 498 g/mol. The molecule has 0 aliphatic carbocycles. The summed E-state index contributed by atoms with van der Waals surface area (Å²) in [5.74, 6) is 4.67. The molecule has 0 amide bonds. The molecule has 0 aromatic heterocycles. The fourth-order valence-corrected chi connectivity index (χ4v) is 2.78. The van der Waals surface area contributed by atoms with Crippen molar-refractivity contribution in [3.63, 3.8) is 0 Å². The van der Waals surface area contributed by atoms with Gasteiger partial charge in [0.15, 0.2) is 0 Å². The first kappa shape index (κ1) is 26.3. The van der Waals surface area contributed by atoms with Crippen LogP contribution in [-0.2, 0) is 23.9 Å². The minimum absolute atomic E-state index is 0.206. The van der Waals surface area contributed by atoms with E-state index in [0.29, 0.717) is 22.8 Å². The molecule has 0 aliphatic rings. The summed E-state index contributed by atoms with van der Waals surface area (Å²) >= 11 is 0. The molecule has 0 unspecified atom stereocenters. The maximum atomic E-state index is 12.1. The van der Waals surface area contributed by atoms with Crippen molar-refractivity contribution in [3.8, 4) is 40.2 Å². The van der Waals surface area contributed by atoms with Gasteiger partial charge in [0, 0.05) is 23.6 Å². The van der Waals surface area contributed by atoms with Crippen LogP contribution in [0.1, 0.15) is 5.56 Å². The van der Waals surface area contributed by atoms with E-state index in [1.54, 1.807) is 48.5 Å². The van der Waals surface area contributed by atoms with Gasteiger partial charge in [0.05, 0.1) is 0 Å². The molecule has 0 saturated carbocycles.